The number of rotatable bonds is 2. The standard InChI is InChI=1S/C13H20F4/c14-10-6-9(8-4-2-1-3-5-8)7-11(15)12(10)13(16)17/h8-13H,1-7H2. The number of alkyl halides is 4. The van der Waals surface area contributed by atoms with Crippen molar-refractivity contribution in [3.05, 3.63) is 0 Å². The van der Waals surface area contributed by atoms with Crippen molar-refractivity contribution < 1.29 is 17.6 Å². The summed E-state index contributed by atoms with van der Waals surface area (Å²) in [4.78, 5) is 0. The first-order valence-electron chi connectivity index (χ1n) is 6.66. The summed E-state index contributed by atoms with van der Waals surface area (Å²) >= 11 is 0. The van der Waals surface area contributed by atoms with E-state index in [9.17, 15) is 17.6 Å². The van der Waals surface area contributed by atoms with Gasteiger partial charge in [0.1, 0.15) is 12.3 Å². The highest BCUT2D eigenvalue weighted by Crippen LogP contribution is 2.43. The third-order valence-electron chi connectivity index (χ3n) is 4.50. The van der Waals surface area contributed by atoms with Crippen LogP contribution in [0.25, 0.3) is 0 Å². The summed E-state index contributed by atoms with van der Waals surface area (Å²) in [5, 5.41) is 0. The molecule has 0 nitrogen and oxygen atoms in total. The second-order valence-electron chi connectivity index (χ2n) is 5.57. The fraction of sp³-hybridized carbons (Fsp3) is 1.00. The summed E-state index contributed by atoms with van der Waals surface area (Å²) in [6, 6.07) is 0. The monoisotopic (exact) mass is 252 g/mol. The highest BCUT2D eigenvalue weighted by atomic mass is 19.3. The Labute approximate surface area is 99.8 Å². The predicted octanol–water partition coefficient (Wildman–Crippen LogP) is 4.53. The van der Waals surface area contributed by atoms with E-state index in [-0.39, 0.29) is 18.8 Å². The van der Waals surface area contributed by atoms with Crippen molar-refractivity contribution in [1.82, 2.24) is 0 Å². The molecule has 2 rings (SSSR count). The first kappa shape index (κ1) is 13.2. The molecule has 0 N–H and O–H groups in total. The van der Waals surface area contributed by atoms with Crippen LogP contribution in [0.4, 0.5) is 17.6 Å². The molecule has 0 amide bonds. The number of hydrogen-bond acceptors (Lipinski definition) is 0. The normalized spacial score (nSPS) is 40.8. The predicted molar refractivity (Wildman–Crippen MR) is 58.6 cm³/mol. The van der Waals surface area contributed by atoms with Crippen molar-refractivity contribution in [2.24, 2.45) is 17.8 Å². The Hall–Kier alpha value is -0.280. The fourth-order valence-electron chi connectivity index (χ4n) is 3.52. The van der Waals surface area contributed by atoms with Gasteiger partial charge in [-0.1, -0.05) is 32.1 Å². The minimum Gasteiger partial charge on any atom is -0.247 e. The van der Waals surface area contributed by atoms with Crippen molar-refractivity contribution in [3.63, 3.8) is 0 Å². The van der Waals surface area contributed by atoms with E-state index >= 15 is 0 Å². The largest absolute Gasteiger partial charge is 0.247 e. The molecule has 2 aliphatic rings. The van der Waals surface area contributed by atoms with Crippen LogP contribution in [0.1, 0.15) is 44.9 Å². The van der Waals surface area contributed by atoms with Crippen LogP contribution in [0.15, 0.2) is 0 Å². The van der Waals surface area contributed by atoms with E-state index in [1.165, 1.54) is 6.42 Å². The molecular formula is C13H20F4. The summed E-state index contributed by atoms with van der Waals surface area (Å²) in [5.74, 6) is -1.34. The van der Waals surface area contributed by atoms with Gasteiger partial charge in [-0.05, 0) is 24.7 Å². The molecule has 0 radical (unpaired) electrons. The van der Waals surface area contributed by atoms with Crippen LogP contribution in [0.5, 0.6) is 0 Å². The van der Waals surface area contributed by atoms with Gasteiger partial charge >= 0.3 is 0 Å². The zero-order valence-corrected chi connectivity index (χ0v) is 9.93. The molecule has 2 aliphatic carbocycles. The van der Waals surface area contributed by atoms with Gasteiger partial charge in [-0.2, -0.15) is 0 Å². The summed E-state index contributed by atoms with van der Waals surface area (Å²) in [5.41, 5.74) is 0. The number of halogens is 4. The second-order valence-corrected chi connectivity index (χ2v) is 5.57. The van der Waals surface area contributed by atoms with Crippen LogP contribution in [-0.2, 0) is 0 Å². The average molecular weight is 252 g/mol. The van der Waals surface area contributed by atoms with Gasteiger partial charge in [-0.25, -0.2) is 17.6 Å². The summed E-state index contributed by atoms with van der Waals surface area (Å²) in [6.07, 6.45) is -0.446. The van der Waals surface area contributed by atoms with Gasteiger partial charge in [0.25, 0.3) is 0 Å². The van der Waals surface area contributed by atoms with Crippen molar-refractivity contribution in [3.8, 4) is 0 Å². The third kappa shape index (κ3) is 2.94. The first-order chi connectivity index (χ1) is 8.09. The van der Waals surface area contributed by atoms with Gasteiger partial charge < -0.3 is 0 Å². The molecule has 4 heteroatoms. The summed E-state index contributed by atoms with van der Waals surface area (Å²) in [7, 11) is 0. The maximum Gasteiger partial charge on any atom is 0.247 e. The zero-order valence-electron chi connectivity index (χ0n) is 9.93. The molecule has 0 heterocycles. The quantitative estimate of drug-likeness (QED) is 0.633. The van der Waals surface area contributed by atoms with Crippen LogP contribution in [0.3, 0.4) is 0 Å². The van der Waals surface area contributed by atoms with Crippen LogP contribution in [-0.4, -0.2) is 18.8 Å². The van der Waals surface area contributed by atoms with Crippen LogP contribution < -0.4 is 0 Å². The zero-order chi connectivity index (χ0) is 12.4. The Balaban J connectivity index is 1.95. The van der Waals surface area contributed by atoms with Crippen molar-refractivity contribution >= 4 is 0 Å². The third-order valence-corrected chi connectivity index (χ3v) is 4.50. The van der Waals surface area contributed by atoms with E-state index in [0.29, 0.717) is 5.92 Å². The van der Waals surface area contributed by atoms with Crippen LogP contribution >= 0.6 is 0 Å². The van der Waals surface area contributed by atoms with E-state index in [0.717, 1.165) is 25.7 Å². The van der Waals surface area contributed by atoms with Gasteiger partial charge in [0.05, 0.1) is 5.92 Å². The van der Waals surface area contributed by atoms with Crippen molar-refractivity contribution in [2.45, 2.75) is 63.7 Å². The lowest BCUT2D eigenvalue weighted by Crippen LogP contribution is -2.42. The molecule has 0 aliphatic heterocycles. The van der Waals surface area contributed by atoms with Crippen molar-refractivity contribution in [1.29, 1.82) is 0 Å². The molecule has 17 heavy (non-hydrogen) atoms. The molecule has 100 valence electrons. The van der Waals surface area contributed by atoms with E-state index in [1.807, 2.05) is 0 Å². The molecule has 0 aromatic carbocycles. The molecule has 0 aromatic heterocycles. The lowest BCUT2D eigenvalue weighted by molar-refractivity contribution is -0.0629. The molecule has 0 bridgehead atoms. The molecule has 0 aromatic rings. The summed E-state index contributed by atoms with van der Waals surface area (Å²) < 4.78 is 52.3. The van der Waals surface area contributed by atoms with E-state index in [1.54, 1.807) is 0 Å². The van der Waals surface area contributed by atoms with Gasteiger partial charge in [0.2, 0.25) is 6.43 Å². The lowest BCUT2D eigenvalue weighted by atomic mass is 9.69. The Morgan fingerprint density at radius 3 is 1.76 bits per heavy atom. The molecular weight excluding hydrogens is 232 g/mol. The molecule has 2 saturated carbocycles. The van der Waals surface area contributed by atoms with Crippen LogP contribution in [0.2, 0.25) is 0 Å². The maximum absolute atomic E-state index is 13.6. The van der Waals surface area contributed by atoms with Gasteiger partial charge in [0.15, 0.2) is 0 Å². The molecule has 2 atom stereocenters. The minimum absolute atomic E-state index is 0.0182. The Bertz CT molecular complexity index is 226. The van der Waals surface area contributed by atoms with E-state index in [2.05, 4.69) is 0 Å². The van der Waals surface area contributed by atoms with Gasteiger partial charge in [-0.3, -0.25) is 0 Å². The smallest absolute Gasteiger partial charge is 0.247 e. The maximum atomic E-state index is 13.6. The Kier molecular flexibility index (Phi) is 4.31. The Morgan fingerprint density at radius 1 is 0.765 bits per heavy atom. The average Bonchev–Trinajstić information content (AvgIpc) is 2.28. The van der Waals surface area contributed by atoms with Gasteiger partial charge in [-0.15, -0.1) is 0 Å². The molecule has 0 spiro atoms. The topological polar surface area (TPSA) is 0 Å². The van der Waals surface area contributed by atoms with Crippen molar-refractivity contribution in [2.75, 3.05) is 0 Å². The molecule has 2 unspecified atom stereocenters. The summed E-state index contributed by atoms with van der Waals surface area (Å²) in [6.45, 7) is 0. The minimum atomic E-state index is -2.87. The fourth-order valence-corrected chi connectivity index (χ4v) is 3.52. The lowest BCUT2D eigenvalue weighted by Gasteiger charge is -2.39. The highest BCUT2D eigenvalue weighted by Gasteiger charge is 2.45. The van der Waals surface area contributed by atoms with E-state index < -0.39 is 24.7 Å². The molecule has 2 fully saturated rings. The first-order valence-corrected chi connectivity index (χ1v) is 6.66. The highest BCUT2D eigenvalue weighted by molar-refractivity contribution is 4.90. The molecule has 0 saturated heterocycles. The SMILES string of the molecule is FC(F)C1C(F)CC(C2CCCCC2)CC1F. The number of hydrogen-bond donors (Lipinski definition) is 0. The second kappa shape index (κ2) is 5.57. The van der Waals surface area contributed by atoms with Crippen LogP contribution in [0, 0.1) is 17.8 Å². The van der Waals surface area contributed by atoms with Gasteiger partial charge in [0, 0.05) is 0 Å². The Morgan fingerprint density at radius 2 is 1.29 bits per heavy atom. The van der Waals surface area contributed by atoms with E-state index in [4.69, 9.17) is 0 Å².